The number of benzene rings is 3. The Labute approximate surface area is 200 Å². The van der Waals surface area contributed by atoms with Gasteiger partial charge in [-0.1, -0.05) is 18.2 Å². The summed E-state index contributed by atoms with van der Waals surface area (Å²) in [6, 6.07) is 25.6. The molecule has 0 aliphatic heterocycles. The van der Waals surface area contributed by atoms with E-state index in [9.17, 15) is 9.59 Å². The van der Waals surface area contributed by atoms with E-state index in [2.05, 4.69) is 22.1 Å². The molecule has 0 unspecified atom stereocenters. The Morgan fingerprint density at radius 1 is 0.818 bits per heavy atom. The van der Waals surface area contributed by atoms with Gasteiger partial charge in [0, 0.05) is 32.5 Å². The fourth-order valence-corrected chi connectivity index (χ4v) is 4.93. The van der Waals surface area contributed by atoms with E-state index in [4.69, 9.17) is 4.74 Å². The van der Waals surface area contributed by atoms with E-state index in [1.165, 1.54) is 4.88 Å². The van der Waals surface area contributed by atoms with Gasteiger partial charge in [0.1, 0.15) is 5.75 Å². The van der Waals surface area contributed by atoms with Gasteiger partial charge in [0.25, 0.3) is 11.8 Å². The van der Waals surface area contributed by atoms with Crippen LogP contribution in [0.15, 0.2) is 95.2 Å². The largest absolute Gasteiger partial charge is 0.497 e. The van der Waals surface area contributed by atoms with Crippen molar-refractivity contribution in [2.45, 2.75) is 10.6 Å². The van der Waals surface area contributed by atoms with E-state index in [1.54, 1.807) is 78.7 Å². The Balaban J connectivity index is 1.38. The molecule has 0 aliphatic rings. The van der Waals surface area contributed by atoms with Crippen molar-refractivity contribution >= 4 is 46.3 Å². The van der Waals surface area contributed by atoms with E-state index in [0.29, 0.717) is 22.5 Å². The van der Waals surface area contributed by atoms with Crippen LogP contribution in [0.5, 0.6) is 5.75 Å². The van der Waals surface area contributed by atoms with Crippen LogP contribution in [0.3, 0.4) is 0 Å². The standard InChI is InChI=1S/C26H22N2O3S2/c1-31-21-14-12-20(13-15-21)27-25(29)18-8-10-19(11-9-18)28-26(30)23-6-2-3-7-24(23)33-17-22-5-4-16-32-22/h2-16H,17H2,1H3,(H,27,29)(H,28,30). The van der Waals surface area contributed by atoms with Crippen LogP contribution in [0.1, 0.15) is 25.6 Å². The topological polar surface area (TPSA) is 67.4 Å². The van der Waals surface area contributed by atoms with Crippen molar-refractivity contribution < 1.29 is 14.3 Å². The fourth-order valence-electron chi connectivity index (χ4n) is 3.10. The second kappa shape index (κ2) is 10.8. The Hall–Kier alpha value is -3.55. The normalized spacial score (nSPS) is 10.5. The zero-order chi connectivity index (χ0) is 23.0. The van der Waals surface area contributed by atoms with Crippen LogP contribution in [0.2, 0.25) is 0 Å². The summed E-state index contributed by atoms with van der Waals surface area (Å²) in [5.74, 6) is 1.13. The summed E-state index contributed by atoms with van der Waals surface area (Å²) in [5.41, 5.74) is 2.42. The van der Waals surface area contributed by atoms with E-state index in [-0.39, 0.29) is 11.8 Å². The Bertz CT molecular complexity index is 1220. The number of ether oxygens (including phenoxy) is 1. The van der Waals surface area contributed by atoms with E-state index >= 15 is 0 Å². The lowest BCUT2D eigenvalue weighted by atomic mass is 10.1. The quantitative estimate of drug-likeness (QED) is 0.284. The lowest BCUT2D eigenvalue weighted by molar-refractivity contribution is 0.101. The summed E-state index contributed by atoms with van der Waals surface area (Å²) >= 11 is 3.35. The molecular weight excluding hydrogens is 452 g/mol. The average Bonchev–Trinajstić information content (AvgIpc) is 3.37. The predicted octanol–water partition coefficient (Wildman–Crippen LogP) is 6.55. The van der Waals surface area contributed by atoms with Crippen LogP contribution in [-0.2, 0) is 5.75 Å². The van der Waals surface area contributed by atoms with Crippen molar-refractivity contribution in [2.24, 2.45) is 0 Å². The predicted molar refractivity (Wildman–Crippen MR) is 136 cm³/mol. The maximum atomic E-state index is 12.9. The molecule has 0 saturated carbocycles. The van der Waals surface area contributed by atoms with Crippen molar-refractivity contribution in [3.05, 3.63) is 106 Å². The molecule has 7 heteroatoms. The summed E-state index contributed by atoms with van der Waals surface area (Å²) in [7, 11) is 1.59. The van der Waals surface area contributed by atoms with Gasteiger partial charge in [0.15, 0.2) is 0 Å². The molecule has 166 valence electrons. The number of thioether (sulfide) groups is 1. The number of anilines is 2. The van der Waals surface area contributed by atoms with Crippen LogP contribution < -0.4 is 15.4 Å². The number of carbonyl (C=O) groups is 2. The number of thiophene rings is 1. The van der Waals surface area contributed by atoms with Gasteiger partial charge in [-0.2, -0.15) is 0 Å². The summed E-state index contributed by atoms with van der Waals surface area (Å²) in [4.78, 5) is 27.6. The average molecular weight is 475 g/mol. The molecule has 0 spiro atoms. The lowest BCUT2D eigenvalue weighted by Crippen LogP contribution is -2.14. The summed E-state index contributed by atoms with van der Waals surface area (Å²) in [6.07, 6.45) is 0. The molecule has 2 N–H and O–H groups in total. The molecule has 4 rings (SSSR count). The van der Waals surface area contributed by atoms with Gasteiger partial charge in [-0.15, -0.1) is 23.1 Å². The number of carbonyl (C=O) groups excluding carboxylic acids is 2. The number of methoxy groups -OCH3 is 1. The highest BCUT2D eigenvalue weighted by Gasteiger charge is 2.13. The number of rotatable bonds is 8. The molecule has 0 aliphatic carbocycles. The van der Waals surface area contributed by atoms with E-state index in [1.807, 2.05) is 30.3 Å². The van der Waals surface area contributed by atoms with Crippen LogP contribution in [0.4, 0.5) is 11.4 Å². The minimum absolute atomic E-state index is 0.181. The molecule has 4 aromatic rings. The third-order valence-electron chi connectivity index (χ3n) is 4.83. The summed E-state index contributed by atoms with van der Waals surface area (Å²) in [5, 5.41) is 7.82. The first-order valence-electron chi connectivity index (χ1n) is 10.2. The maximum absolute atomic E-state index is 12.9. The van der Waals surface area contributed by atoms with Crippen molar-refractivity contribution in [2.75, 3.05) is 17.7 Å². The second-order valence-corrected chi connectivity index (χ2v) is 9.13. The molecule has 0 bridgehead atoms. The molecule has 0 saturated heterocycles. The third kappa shape index (κ3) is 6.03. The molecule has 1 heterocycles. The molecule has 0 atom stereocenters. The van der Waals surface area contributed by atoms with Crippen molar-refractivity contribution in [3.63, 3.8) is 0 Å². The van der Waals surface area contributed by atoms with Crippen LogP contribution in [-0.4, -0.2) is 18.9 Å². The fraction of sp³-hybridized carbons (Fsp3) is 0.0769. The zero-order valence-corrected chi connectivity index (χ0v) is 19.5. The lowest BCUT2D eigenvalue weighted by Gasteiger charge is -2.10. The van der Waals surface area contributed by atoms with Gasteiger partial charge in [-0.05, 0) is 72.1 Å². The van der Waals surface area contributed by atoms with Gasteiger partial charge in [-0.25, -0.2) is 0 Å². The van der Waals surface area contributed by atoms with E-state index in [0.717, 1.165) is 16.4 Å². The first-order valence-corrected chi connectivity index (χ1v) is 12.1. The number of hydrogen-bond acceptors (Lipinski definition) is 5. The van der Waals surface area contributed by atoms with Crippen LogP contribution >= 0.6 is 23.1 Å². The highest BCUT2D eigenvalue weighted by atomic mass is 32.2. The van der Waals surface area contributed by atoms with Crippen molar-refractivity contribution in [3.8, 4) is 5.75 Å². The first-order chi connectivity index (χ1) is 16.1. The summed E-state index contributed by atoms with van der Waals surface area (Å²) in [6.45, 7) is 0. The Morgan fingerprint density at radius 2 is 1.48 bits per heavy atom. The van der Waals surface area contributed by atoms with Gasteiger partial charge < -0.3 is 15.4 Å². The third-order valence-corrected chi connectivity index (χ3v) is 7.02. The molecular formula is C26H22N2O3S2. The molecule has 2 amide bonds. The SMILES string of the molecule is COc1ccc(NC(=O)c2ccc(NC(=O)c3ccccc3SCc3cccs3)cc2)cc1. The molecule has 33 heavy (non-hydrogen) atoms. The molecule has 0 radical (unpaired) electrons. The monoisotopic (exact) mass is 474 g/mol. The Kier molecular flexibility index (Phi) is 7.44. The van der Waals surface area contributed by atoms with Gasteiger partial charge in [-0.3, -0.25) is 9.59 Å². The smallest absolute Gasteiger partial charge is 0.256 e. The highest BCUT2D eigenvalue weighted by molar-refractivity contribution is 7.98. The highest BCUT2D eigenvalue weighted by Crippen LogP contribution is 2.28. The second-order valence-electron chi connectivity index (χ2n) is 7.08. The van der Waals surface area contributed by atoms with Crippen LogP contribution in [0.25, 0.3) is 0 Å². The zero-order valence-electron chi connectivity index (χ0n) is 17.9. The number of hydrogen-bond donors (Lipinski definition) is 2. The summed E-state index contributed by atoms with van der Waals surface area (Å²) < 4.78 is 5.13. The minimum atomic E-state index is -0.228. The molecule has 3 aromatic carbocycles. The van der Waals surface area contributed by atoms with Gasteiger partial charge >= 0.3 is 0 Å². The van der Waals surface area contributed by atoms with E-state index < -0.39 is 0 Å². The molecule has 1 aromatic heterocycles. The minimum Gasteiger partial charge on any atom is -0.497 e. The van der Waals surface area contributed by atoms with Gasteiger partial charge in [0.2, 0.25) is 0 Å². The van der Waals surface area contributed by atoms with Crippen LogP contribution in [0, 0.1) is 0 Å². The number of amides is 2. The number of nitrogens with one attached hydrogen (secondary N) is 2. The van der Waals surface area contributed by atoms with Crippen molar-refractivity contribution in [1.82, 2.24) is 0 Å². The van der Waals surface area contributed by atoms with Crippen molar-refractivity contribution in [1.29, 1.82) is 0 Å². The maximum Gasteiger partial charge on any atom is 0.256 e. The molecule has 0 fully saturated rings. The Morgan fingerprint density at radius 3 is 2.15 bits per heavy atom. The first kappa shape index (κ1) is 22.6. The van der Waals surface area contributed by atoms with Gasteiger partial charge in [0.05, 0.1) is 12.7 Å². The molecule has 5 nitrogen and oxygen atoms in total.